The minimum atomic E-state index is -4.62. The molecule has 1 fully saturated rings. The summed E-state index contributed by atoms with van der Waals surface area (Å²) in [5.74, 6) is 0.627. The fraction of sp³-hybridized carbons (Fsp3) is 0.333. The molecule has 1 aromatic heterocycles. The molecule has 1 aliphatic rings. The summed E-state index contributed by atoms with van der Waals surface area (Å²) in [6.07, 6.45) is -0.700. The molecule has 2 heterocycles. The maximum atomic E-state index is 12.8. The molecule has 0 aliphatic carbocycles. The minimum absolute atomic E-state index is 0.00639. The topological polar surface area (TPSA) is 72.2 Å². The third-order valence-corrected chi connectivity index (χ3v) is 3.98. The van der Waals surface area contributed by atoms with E-state index in [4.69, 9.17) is 0 Å². The molecule has 24 heavy (non-hydrogen) atoms. The first kappa shape index (κ1) is 16.2. The number of rotatable bonds is 3. The highest BCUT2D eigenvalue weighted by molar-refractivity contribution is 5.65. The van der Waals surface area contributed by atoms with Gasteiger partial charge in [0, 0.05) is 37.5 Å². The Morgan fingerprint density at radius 1 is 1.25 bits per heavy atom. The first-order valence-electron chi connectivity index (χ1n) is 7.24. The third kappa shape index (κ3) is 3.15. The molecule has 1 aromatic carbocycles. The molecule has 126 valence electrons. The molecule has 0 saturated carbocycles. The van der Waals surface area contributed by atoms with Crippen LogP contribution in [0.3, 0.4) is 0 Å². The van der Waals surface area contributed by atoms with E-state index in [2.05, 4.69) is 9.97 Å². The average molecular weight is 338 g/mol. The SMILES string of the molecule is O=[N+]([O-])c1cc(C(F)(F)F)ccc1N1CCC(c2ncccn2)C1. The van der Waals surface area contributed by atoms with E-state index in [0.717, 1.165) is 12.1 Å². The van der Waals surface area contributed by atoms with Crippen molar-refractivity contribution in [1.29, 1.82) is 0 Å². The summed E-state index contributed by atoms with van der Waals surface area (Å²) in [4.78, 5) is 20.5. The van der Waals surface area contributed by atoms with Crippen LogP contribution in [0, 0.1) is 10.1 Å². The second-order valence-corrected chi connectivity index (χ2v) is 5.50. The Hall–Kier alpha value is -2.71. The number of aromatic nitrogens is 2. The smallest absolute Gasteiger partial charge is 0.365 e. The standard InChI is InChI=1S/C15H13F3N4O2/c16-15(17,18)11-2-3-12(13(8-11)22(23)24)21-7-4-10(9-21)14-19-5-1-6-20-14/h1-3,5-6,8,10H,4,7,9H2. The zero-order valence-electron chi connectivity index (χ0n) is 12.4. The van der Waals surface area contributed by atoms with Crippen LogP contribution in [0.4, 0.5) is 24.5 Å². The summed E-state index contributed by atoms with van der Waals surface area (Å²) in [7, 11) is 0. The zero-order chi connectivity index (χ0) is 17.3. The number of hydrogen-bond donors (Lipinski definition) is 0. The summed E-state index contributed by atoms with van der Waals surface area (Å²) < 4.78 is 38.3. The molecule has 0 bridgehead atoms. The first-order chi connectivity index (χ1) is 11.4. The molecule has 6 nitrogen and oxygen atoms in total. The van der Waals surface area contributed by atoms with Crippen LogP contribution in [-0.2, 0) is 6.18 Å². The van der Waals surface area contributed by atoms with Crippen LogP contribution in [0.1, 0.15) is 23.7 Å². The Balaban J connectivity index is 1.89. The molecule has 9 heteroatoms. The number of alkyl halides is 3. The van der Waals surface area contributed by atoms with Crippen LogP contribution >= 0.6 is 0 Å². The highest BCUT2D eigenvalue weighted by Crippen LogP contribution is 2.39. The van der Waals surface area contributed by atoms with Gasteiger partial charge < -0.3 is 4.90 Å². The van der Waals surface area contributed by atoms with Crippen molar-refractivity contribution in [3.8, 4) is 0 Å². The van der Waals surface area contributed by atoms with Crippen molar-refractivity contribution in [2.75, 3.05) is 18.0 Å². The van der Waals surface area contributed by atoms with Gasteiger partial charge in [-0.15, -0.1) is 0 Å². The molecule has 0 spiro atoms. The van der Waals surface area contributed by atoms with E-state index >= 15 is 0 Å². The van der Waals surface area contributed by atoms with Crippen molar-refractivity contribution >= 4 is 11.4 Å². The fourth-order valence-electron chi connectivity index (χ4n) is 2.82. The number of benzene rings is 1. The van der Waals surface area contributed by atoms with Crippen molar-refractivity contribution in [2.45, 2.75) is 18.5 Å². The van der Waals surface area contributed by atoms with Crippen molar-refractivity contribution in [1.82, 2.24) is 9.97 Å². The lowest BCUT2D eigenvalue weighted by Gasteiger charge is -2.19. The molecule has 1 unspecified atom stereocenters. The zero-order valence-corrected chi connectivity index (χ0v) is 12.4. The van der Waals surface area contributed by atoms with Gasteiger partial charge in [-0.1, -0.05) is 0 Å². The normalized spacial score (nSPS) is 18.0. The van der Waals surface area contributed by atoms with Crippen LogP contribution in [-0.4, -0.2) is 28.0 Å². The summed E-state index contributed by atoms with van der Waals surface area (Å²) >= 11 is 0. The number of anilines is 1. The van der Waals surface area contributed by atoms with E-state index in [-0.39, 0.29) is 11.6 Å². The van der Waals surface area contributed by atoms with Gasteiger partial charge >= 0.3 is 6.18 Å². The maximum absolute atomic E-state index is 12.8. The second kappa shape index (κ2) is 6.06. The number of hydrogen-bond acceptors (Lipinski definition) is 5. The summed E-state index contributed by atoms with van der Waals surface area (Å²) in [5.41, 5.74) is -1.38. The largest absolute Gasteiger partial charge is 0.416 e. The maximum Gasteiger partial charge on any atom is 0.416 e. The molecule has 1 saturated heterocycles. The van der Waals surface area contributed by atoms with E-state index in [9.17, 15) is 23.3 Å². The summed E-state index contributed by atoms with van der Waals surface area (Å²) in [6.45, 7) is 0.922. The highest BCUT2D eigenvalue weighted by atomic mass is 19.4. The van der Waals surface area contributed by atoms with Crippen molar-refractivity contribution in [3.63, 3.8) is 0 Å². The van der Waals surface area contributed by atoms with E-state index in [1.165, 1.54) is 0 Å². The van der Waals surface area contributed by atoms with Crippen LogP contribution in [0.25, 0.3) is 0 Å². The minimum Gasteiger partial charge on any atom is -0.365 e. The van der Waals surface area contributed by atoms with E-state index in [0.29, 0.717) is 31.4 Å². The van der Waals surface area contributed by atoms with Gasteiger partial charge in [0.15, 0.2) is 0 Å². The van der Waals surface area contributed by atoms with Crippen molar-refractivity contribution in [2.24, 2.45) is 0 Å². The predicted molar refractivity (Wildman–Crippen MR) is 79.7 cm³/mol. The number of nitro benzene ring substituents is 1. The first-order valence-corrected chi connectivity index (χ1v) is 7.24. The summed E-state index contributed by atoms with van der Waals surface area (Å²) in [5, 5.41) is 11.2. The van der Waals surface area contributed by atoms with Gasteiger partial charge in [-0.3, -0.25) is 10.1 Å². The van der Waals surface area contributed by atoms with Crippen LogP contribution < -0.4 is 4.90 Å². The van der Waals surface area contributed by atoms with Crippen LogP contribution in [0.5, 0.6) is 0 Å². The van der Waals surface area contributed by atoms with E-state index in [1.807, 2.05) is 0 Å². The molecule has 2 aromatic rings. The number of nitrogens with zero attached hydrogens (tertiary/aromatic N) is 4. The fourth-order valence-corrected chi connectivity index (χ4v) is 2.82. The summed E-state index contributed by atoms with van der Waals surface area (Å²) in [6, 6.07) is 4.31. The lowest BCUT2D eigenvalue weighted by Crippen LogP contribution is -2.21. The Bertz CT molecular complexity index is 752. The van der Waals surface area contributed by atoms with Crippen LogP contribution in [0.15, 0.2) is 36.7 Å². The third-order valence-electron chi connectivity index (χ3n) is 3.98. The average Bonchev–Trinajstić information content (AvgIpc) is 3.04. The van der Waals surface area contributed by atoms with Gasteiger partial charge in [0.25, 0.3) is 5.69 Å². The van der Waals surface area contributed by atoms with Crippen molar-refractivity contribution in [3.05, 3.63) is 58.2 Å². The lowest BCUT2D eigenvalue weighted by molar-refractivity contribution is -0.384. The molecule has 3 rings (SSSR count). The molecule has 0 N–H and O–H groups in total. The Morgan fingerprint density at radius 2 is 1.96 bits per heavy atom. The van der Waals surface area contributed by atoms with Gasteiger partial charge in [-0.05, 0) is 24.6 Å². The van der Waals surface area contributed by atoms with E-state index < -0.39 is 22.4 Å². The van der Waals surface area contributed by atoms with Crippen LogP contribution in [0.2, 0.25) is 0 Å². The molecular formula is C15H13F3N4O2. The Labute approximate surface area is 135 Å². The molecule has 0 radical (unpaired) electrons. The second-order valence-electron chi connectivity index (χ2n) is 5.50. The predicted octanol–water partition coefficient (Wildman–Crippen LogP) is 3.40. The lowest BCUT2D eigenvalue weighted by atomic mass is 10.1. The molecule has 1 atom stereocenters. The van der Waals surface area contributed by atoms with Gasteiger partial charge in [-0.2, -0.15) is 13.2 Å². The van der Waals surface area contributed by atoms with E-state index in [1.54, 1.807) is 23.4 Å². The Kier molecular flexibility index (Phi) is 4.08. The molecule has 0 amide bonds. The van der Waals surface area contributed by atoms with Gasteiger partial charge in [0.1, 0.15) is 11.5 Å². The molecule has 1 aliphatic heterocycles. The quantitative estimate of drug-likeness (QED) is 0.633. The number of halogens is 3. The van der Waals surface area contributed by atoms with Gasteiger partial charge in [0.05, 0.1) is 10.5 Å². The monoisotopic (exact) mass is 338 g/mol. The van der Waals surface area contributed by atoms with Crippen molar-refractivity contribution < 1.29 is 18.1 Å². The molecular weight excluding hydrogens is 325 g/mol. The Morgan fingerprint density at radius 3 is 2.58 bits per heavy atom. The highest BCUT2D eigenvalue weighted by Gasteiger charge is 2.35. The number of nitro groups is 1. The van der Waals surface area contributed by atoms with Gasteiger partial charge in [-0.25, -0.2) is 9.97 Å². The van der Waals surface area contributed by atoms with Gasteiger partial charge in [0.2, 0.25) is 0 Å².